The Morgan fingerprint density at radius 2 is 2.38 bits per heavy atom. The summed E-state index contributed by atoms with van der Waals surface area (Å²) in [5, 5.41) is 3.41. The van der Waals surface area contributed by atoms with Crippen LogP contribution in [0.1, 0.15) is 17.5 Å². The van der Waals surface area contributed by atoms with E-state index in [2.05, 4.69) is 36.5 Å². The third kappa shape index (κ3) is 2.31. The fraction of sp³-hybridized carbons (Fsp3) is 0.500. The Bertz CT molecular complexity index is 274. The maximum absolute atomic E-state index is 3.41. The van der Waals surface area contributed by atoms with E-state index in [0.29, 0.717) is 0 Å². The topological polar surface area (TPSA) is 12.0 Å². The highest BCUT2D eigenvalue weighted by Crippen LogP contribution is 2.15. The molecule has 0 bridgehead atoms. The van der Waals surface area contributed by atoms with Crippen molar-refractivity contribution in [1.82, 2.24) is 5.32 Å². The van der Waals surface area contributed by atoms with Crippen LogP contribution in [0.2, 0.25) is 0 Å². The Labute approximate surface area is 80.2 Å². The smallest absolute Gasteiger partial charge is 0.00169 e. The molecule has 1 aliphatic rings. The minimum atomic E-state index is 0.863. The van der Waals surface area contributed by atoms with Gasteiger partial charge in [0.05, 0.1) is 0 Å². The van der Waals surface area contributed by atoms with Crippen molar-refractivity contribution in [3.05, 3.63) is 35.4 Å². The molecule has 1 nitrogen and oxygen atoms in total. The van der Waals surface area contributed by atoms with Crippen LogP contribution in [0.3, 0.4) is 0 Å². The Morgan fingerprint density at radius 1 is 1.46 bits per heavy atom. The number of benzene rings is 1. The standard InChI is InChI=1S/C12H17N/c1-10-3-2-4-11(7-10)8-12-5-6-13-9-12/h2-4,7,12-13H,5-6,8-9H2,1H3. The van der Waals surface area contributed by atoms with Crippen molar-refractivity contribution in [2.75, 3.05) is 13.1 Å². The van der Waals surface area contributed by atoms with E-state index in [1.165, 1.54) is 37.1 Å². The van der Waals surface area contributed by atoms with Crippen molar-refractivity contribution in [2.45, 2.75) is 19.8 Å². The van der Waals surface area contributed by atoms with Crippen molar-refractivity contribution >= 4 is 0 Å². The summed E-state index contributed by atoms with van der Waals surface area (Å²) in [5.41, 5.74) is 2.87. The van der Waals surface area contributed by atoms with Crippen LogP contribution in [0, 0.1) is 12.8 Å². The second-order valence-electron chi connectivity index (χ2n) is 4.05. The molecule has 1 aliphatic heterocycles. The highest BCUT2D eigenvalue weighted by molar-refractivity contribution is 5.22. The molecule has 2 rings (SSSR count). The Kier molecular flexibility index (Phi) is 2.65. The zero-order valence-electron chi connectivity index (χ0n) is 8.22. The summed E-state index contributed by atoms with van der Waals surface area (Å²) >= 11 is 0. The minimum Gasteiger partial charge on any atom is -0.316 e. The molecule has 0 saturated carbocycles. The van der Waals surface area contributed by atoms with E-state index in [9.17, 15) is 0 Å². The highest BCUT2D eigenvalue weighted by Gasteiger charge is 2.14. The highest BCUT2D eigenvalue weighted by atomic mass is 14.9. The summed E-state index contributed by atoms with van der Waals surface area (Å²) in [7, 11) is 0. The lowest BCUT2D eigenvalue weighted by Crippen LogP contribution is -2.10. The summed E-state index contributed by atoms with van der Waals surface area (Å²) in [5.74, 6) is 0.863. The molecular weight excluding hydrogens is 158 g/mol. The van der Waals surface area contributed by atoms with E-state index in [0.717, 1.165) is 5.92 Å². The van der Waals surface area contributed by atoms with Gasteiger partial charge in [0.25, 0.3) is 0 Å². The first-order valence-corrected chi connectivity index (χ1v) is 5.11. The van der Waals surface area contributed by atoms with Crippen molar-refractivity contribution in [1.29, 1.82) is 0 Å². The fourth-order valence-electron chi connectivity index (χ4n) is 2.06. The van der Waals surface area contributed by atoms with Gasteiger partial charge in [-0.15, -0.1) is 0 Å². The molecule has 1 atom stereocenters. The Morgan fingerprint density at radius 3 is 3.08 bits per heavy atom. The summed E-state index contributed by atoms with van der Waals surface area (Å²) in [6.45, 7) is 4.57. The predicted octanol–water partition coefficient (Wildman–Crippen LogP) is 2.15. The molecule has 0 amide bonds. The summed E-state index contributed by atoms with van der Waals surface area (Å²) < 4.78 is 0. The average Bonchev–Trinajstić information content (AvgIpc) is 2.57. The normalized spacial score (nSPS) is 22.1. The number of aryl methyl sites for hydroxylation is 1. The summed E-state index contributed by atoms with van der Waals surface area (Å²) in [4.78, 5) is 0. The summed E-state index contributed by atoms with van der Waals surface area (Å²) in [6.07, 6.45) is 2.59. The molecule has 1 aromatic rings. The van der Waals surface area contributed by atoms with Gasteiger partial charge in [-0.2, -0.15) is 0 Å². The molecule has 1 heterocycles. The van der Waals surface area contributed by atoms with E-state index in [-0.39, 0.29) is 0 Å². The Balaban J connectivity index is 2.00. The van der Waals surface area contributed by atoms with Gasteiger partial charge in [0.2, 0.25) is 0 Å². The fourth-order valence-corrected chi connectivity index (χ4v) is 2.06. The number of hydrogen-bond acceptors (Lipinski definition) is 1. The number of rotatable bonds is 2. The van der Waals surface area contributed by atoms with Gasteiger partial charge in [-0.05, 0) is 44.3 Å². The van der Waals surface area contributed by atoms with Gasteiger partial charge in [0, 0.05) is 0 Å². The quantitative estimate of drug-likeness (QED) is 0.726. The number of nitrogens with one attached hydrogen (secondary N) is 1. The second kappa shape index (κ2) is 3.93. The van der Waals surface area contributed by atoms with Crippen LogP contribution in [0.15, 0.2) is 24.3 Å². The van der Waals surface area contributed by atoms with Crippen LogP contribution in [0.5, 0.6) is 0 Å². The summed E-state index contributed by atoms with van der Waals surface area (Å²) in [6, 6.07) is 8.87. The van der Waals surface area contributed by atoms with E-state index in [1.807, 2.05) is 0 Å². The third-order valence-electron chi connectivity index (χ3n) is 2.77. The van der Waals surface area contributed by atoms with Gasteiger partial charge in [-0.1, -0.05) is 29.8 Å². The molecule has 0 aromatic heterocycles. The van der Waals surface area contributed by atoms with Crippen LogP contribution in [-0.4, -0.2) is 13.1 Å². The molecule has 1 unspecified atom stereocenters. The Hall–Kier alpha value is -0.820. The first kappa shape index (κ1) is 8.76. The SMILES string of the molecule is Cc1cccc(CC2CCNC2)c1. The van der Waals surface area contributed by atoms with E-state index >= 15 is 0 Å². The van der Waals surface area contributed by atoms with Gasteiger partial charge in [-0.3, -0.25) is 0 Å². The van der Waals surface area contributed by atoms with Crippen molar-refractivity contribution < 1.29 is 0 Å². The largest absolute Gasteiger partial charge is 0.316 e. The molecule has 70 valence electrons. The lowest BCUT2D eigenvalue weighted by Gasteiger charge is -2.08. The molecule has 1 aromatic carbocycles. The molecule has 1 heteroatoms. The molecule has 1 fully saturated rings. The first-order valence-electron chi connectivity index (χ1n) is 5.11. The van der Waals surface area contributed by atoms with E-state index in [4.69, 9.17) is 0 Å². The van der Waals surface area contributed by atoms with Crippen LogP contribution in [0.4, 0.5) is 0 Å². The van der Waals surface area contributed by atoms with Crippen LogP contribution >= 0.6 is 0 Å². The van der Waals surface area contributed by atoms with Gasteiger partial charge in [0.15, 0.2) is 0 Å². The number of hydrogen-bond donors (Lipinski definition) is 1. The maximum Gasteiger partial charge on any atom is -0.00169 e. The van der Waals surface area contributed by atoms with Crippen molar-refractivity contribution in [2.24, 2.45) is 5.92 Å². The van der Waals surface area contributed by atoms with Gasteiger partial charge in [-0.25, -0.2) is 0 Å². The molecule has 13 heavy (non-hydrogen) atoms. The lowest BCUT2D eigenvalue weighted by molar-refractivity contribution is 0.580. The van der Waals surface area contributed by atoms with Crippen molar-refractivity contribution in [3.8, 4) is 0 Å². The minimum absolute atomic E-state index is 0.863. The monoisotopic (exact) mass is 175 g/mol. The molecule has 0 aliphatic carbocycles. The average molecular weight is 175 g/mol. The zero-order valence-corrected chi connectivity index (χ0v) is 8.22. The van der Waals surface area contributed by atoms with E-state index in [1.54, 1.807) is 0 Å². The molecule has 0 radical (unpaired) electrons. The van der Waals surface area contributed by atoms with Crippen molar-refractivity contribution in [3.63, 3.8) is 0 Å². The lowest BCUT2D eigenvalue weighted by atomic mass is 9.98. The van der Waals surface area contributed by atoms with Gasteiger partial charge >= 0.3 is 0 Å². The van der Waals surface area contributed by atoms with Crippen LogP contribution in [0.25, 0.3) is 0 Å². The molecule has 1 saturated heterocycles. The van der Waals surface area contributed by atoms with Gasteiger partial charge < -0.3 is 5.32 Å². The molecular formula is C12H17N. The third-order valence-corrected chi connectivity index (χ3v) is 2.77. The van der Waals surface area contributed by atoms with Crippen LogP contribution < -0.4 is 5.32 Å². The van der Waals surface area contributed by atoms with E-state index < -0.39 is 0 Å². The van der Waals surface area contributed by atoms with Gasteiger partial charge in [0.1, 0.15) is 0 Å². The first-order chi connectivity index (χ1) is 6.34. The second-order valence-corrected chi connectivity index (χ2v) is 4.05. The zero-order chi connectivity index (χ0) is 9.10. The molecule has 1 N–H and O–H groups in total. The molecule has 0 spiro atoms. The van der Waals surface area contributed by atoms with Crippen LogP contribution in [-0.2, 0) is 6.42 Å². The maximum atomic E-state index is 3.41. The predicted molar refractivity (Wildman–Crippen MR) is 55.9 cm³/mol.